The number of para-hydroxylation sites is 1. The van der Waals surface area contributed by atoms with Crippen molar-refractivity contribution in [3.63, 3.8) is 0 Å². The van der Waals surface area contributed by atoms with Crippen LogP contribution in [-0.2, 0) is 22.6 Å². The predicted molar refractivity (Wildman–Crippen MR) is 198 cm³/mol. The van der Waals surface area contributed by atoms with Crippen LogP contribution < -0.4 is 21.6 Å². The molecule has 1 spiro atoms. The molecule has 3 aromatic rings. The van der Waals surface area contributed by atoms with E-state index < -0.39 is 6.04 Å². The van der Waals surface area contributed by atoms with Crippen molar-refractivity contribution in [1.29, 1.82) is 0 Å². The number of fused-ring (bicyclic) bond motifs is 2. The number of likely N-dealkylation sites (N-methyl/N-ethyl adjacent to an activating group) is 1. The molecule has 0 radical (unpaired) electrons. The maximum atomic E-state index is 14.4. The van der Waals surface area contributed by atoms with Crippen molar-refractivity contribution in [2.24, 2.45) is 5.41 Å². The van der Waals surface area contributed by atoms with Crippen LogP contribution in [0.4, 0.5) is 10.5 Å². The summed E-state index contributed by atoms with van der Waals surface area (Å²) in [4.78, 5) is 62.8. The number of hydrogen-bond donors (Lipinski definition) is 4. The largest absolute Gasteiger partial charge is 0.341 e. The summed E-state index contributed by atoms with van der Waals surface area (Å²) >= 11 is 0. The lowest BCUT2D eigenvalue weighted by molar-refractivity contribution is -0.136. The molecule has 7 rings (SSSR count). The van der Waals surface area contributed by atoms with Crippen LogP contribution in [0.25, 0.3) is 10.9 Å². The van der Waals surface area contributed by atoms with E-state index in [9.17, 15) is 19.2 Å². The summed E-state index contributed by atoms with van der Waals surface area (Å²) in [6.45, 7) is 8.44. The minimum atomic E-state index is -0.712. The zero-order chi connectivity index (χ0) is 35.9. The smallest absolute Gasteiger partial charge is 0.318 e. The van der Waals surface area contributed by atoms with Gasteiger partial charge in [0.15, 0.2) is 0 Å². The minimum Gasteiger partial charge on any atom is -0.341 e. The monoisotopic (exact) mass is 696 g/mol. The van der Waals surface area contributed by atoms with Gasteiger partial charge in [-0.25, -0.2) is 9.80 Å². The lowest BCUT2D eigenvalue weighted by atomic mass is 9.77. The van der Waals surface area contributed by atoms with Crippen LogP contribution in [0.5, 0.6) is 0 Å². The molecule has 272 valence electrons. The summed E-state index contributed by atoms with van der Waals surface area (Å²) in [5, 5.41) is 9.27. The second kappa shape index (κ2) is 14.3. The third-order valence-corrected chi connectivity index (χ3v) is 11.9. The van der Waals surface area contributed by atoms with Crippen LogP contribution >= 0.6 is 0 Å². The number of anilines is 1. The molecule has 3 saturated heterocycles. The fourth-order valence-corrected chi connectivity index (χ4v) is 8.72. The van der Waals surface area contributed by atoms with Crippen LogP contribution in [0.1, 0.15) is 67.2 Å². The van der Waals surface area contributed by atoms with E-state index in [1.54, 1.807) is 11.9 Å². The molecule has 0 bridgehead atoms. The second-order valence-electron chi connectivity index (χ2n) is 15.4. The molecule has 5 heterocycles. The number of aromatic amines is 1. The number of urea groups is 1. The van der Waals surface area contributed by atoms with Crippen molar-refractivity contribution in [2.75, 3.05) is 58.8 Å². The Morgan fingerprint density at radius 1 is 0.941 bits per heavy atom. The molecule has 0 saturated carbocycles. The fraction of sp³-hybridized carbons (Fsp3) is 0.538. The predicted octanol–water partition coefficient (Wildman–Crippen LogP) is 3.56. The molecule has 4 amide bonds. The van der Waals surface area contributed by atoms with E-state index in [1.165, 1.54) is 5.56 Å². The topological polar surface area (TPSA) is 133 Å². The molecule has 4 N–H and O–H groups in total. The highest BCUT2D eigenvalue weighted by atomic mass is 16.2. The summed E-state index contributed by atoms with van der Waals surface area (Å²) in [5.41, 5.74) is 9.35. The Labute approximate surface area is 299 Å². The number of rotatable bonds is 7. The number of hydrazine groups is 1. The van der Waals surface area contributed by atoms with E-state index in [1.807, 2.05) is 59.1 Å². The van der Waals surface area contributed by atoms with Crippen LogP contribution in [0.15, 0.2) is 47.3 Å². The summed E-state index contributed by atoms with van der Waals surface area (Å²) in [7, 11) is 3.81. The third-order valence-electron chi connectivity index (χ3n) is 11.9. The molecule has 4 aliphatic rings. The van der Waals surface area contributed by atoms with Gasteiger partial charge < -0.3 is 35.7 Å². The molecule has 2 aromatic carbocycles. The SMILES string of the molecule is CN[C@H](C)C(=O)N1CCC2(CC1)CCN(C(=O)[C@@H](Cc1cc(C)c3c(c1)CN(C)N3)NC(=O)N1CCC(c3cc4ccccc4[nH]c3=O)CC1)C2. The third kappa shape index (κ3) is 7.21. The van der Waals surface area contributed by atoms with Gasteiger partial charge in [0.25, 0.3) is 5.56 Å². The second-order valence-corrected chi connectivity index (χ2v) is 15.4. The summed E-state index contributed by atoms with van der Waals surface area (Å²) < 4.78 is 0. The average Bonchev–Trinajstić information content (AvgIpc) is 3.73. The number of hydrogen-bond acceptors (Lipinski definition) is 7. The van der Waals surface area contributed by atoms with Gasteiger partial charge in [-0.1, -0.05) is 30.3 Å². The Morgan fingerprint density at radius 3 is 2.37 bits per heavy atom. The fourth-order valence-electron chi connectivity index (χ4n) is 8.72. The van der Waals surface area contributed by atoms with Crippen LogP contribution in [0.2, 0.25) is 0 Å². The van der Waals surface area contributed by atoms with Gasteiger partial charge in [-0.3, -0.25) is 14.4 Å². The minimum absolute atomic E-state index is 0.00716. The number of likely N-dealkylation sites (tertiary alicyclic amines) is 3. The van der Waals surface area contributed by atoms with Crippen LogP contribution in [0, 0.1) is 12.3 Å². The van der Waals surface area contributed by atoms with Gasteiger partial charge in [0.05, 0.1) is 11.7 Å². The van der Waals surface area contributed by atoms with E-state index in [0.717, 1.165) is 59.1 Å². The number of pyridine rings is 1. The maximum absolute atomic E-state index is 14.4. The lowest BCUT2D eigenvalue weighted by Crippen LogP contribution is -2.54. The normalized spacial score (nSPS) is 20.4. The number of aryl methyl sites for hydroxylation is 1. The Kier molecular flexibility index (Phi) is 9.82. The summed E-state index contributed by atoms with van der Waals surface area (Å²) in [6, 6.07) is 12.9. The van der Waals surface area contributed by atoms with Crippen LogP contribution in [0.3, 0.4) is 0 Å². The molecule has 51 heavy (non-hydrogen) atoms. The van der Waals surface area contributed by atoms with E-state index in [-0.39, 0.29) is 40.8 Å². The molecule has 2 atom stereocenters. The number of nitrogens with one attached hydrogen (secondary N) is 4. The van der Waals surface area contributed by atoms with Crippen molar-refractivity contribution in [1.82, 2.24) is 35.3 Å². The Hall–Kier alpha value is -4.42. The van der Waals surface area contributed by atoms with Gasteiger partial charge in [0.2, 0.25) is 11.8 Å². The number of aromatic nitrogens is 1. The van der Waals surface area contributed by atoms with Crippen LogP contribution in [-0.4, -0.2) is 108 Å². The van der Waals surface area contributed by atoms with Gasteiger partial charge in [0, 0.05) is 70.4 Å². The number of carbonyl (C=O) groups excluding carboxylic acids is 3. The van der Waals surface area contributed by atoms with Gasteiger partial charge >= 0.3 is 6.03 Å². The van der Waals surface area contributed by atoms with Gasteiger partial charge in [-0.05, 0) is 98.5 Å². The van der Waals surface area contributed by atoms with Gasteiger partial charge in [0.1, 0.15) is 6.04 Å². The van der Waals surface area contributed by atoms with Gasteiger partial charge in [-0.2, -0.15) is 0 Å². The standard InChI is InChI=1S/C39H52N8O4/c1-25-19-27(20-30-23-44(4)43-34(25)30)21-33(37(50)47-18-13-39(24-47)11-16-45(17-12-39)36(49)26(2)40-3)42-38(51)46-14-9-28(10-15-46)31-22-29-7-5-6-8-32(29)41-35(31)48/h5-8,19-20,22,26,28,33,40,43H,9-18,21,23-24H2,1-4H3,(H,41,48)(H,42,51)/t26-,33-/m1/s1. The van der Waals surface area contributed by atoms with E-state index in [0.29, 0.717) is 58.5 Å². The Balaban J connectivity index is 1.04. The highest BCUT2D eigenvalue weighted by Crippen LogP contribution is 2.41. The van der Waals surface area contributed by atoms with E-state index >= 15 is 0 Å². The van der Waals surface area contributed by atoms with Crippen molar-refractivity contribution in [3.05, 3.63) is 75.1 Å². The maximum Gasteiger partial charge on any atom is 0.318 e. The first-order chi connectivity index (χ1) is 24.5. The number of benzene rings is 2. The molecule has 12 nitrogen and oxygen atoms in total. The number of amides is 4. The molecule has 3 fully saturated rings. The molecule has 0 aliphatic carbocycles. The molecular weight excluding hydrogens is 644 g/mol. The number of nitrogens with zero attached hydrogens (tertiary/aromatic N) is 4. The first-order valence-electron chi connectivity index (χ1n) is 18.5. The zero-order valence-corrected chi connectivity index (χ0v) is 30.4. The Morgan fingerprint density at radius 2 is 1.65 bits per heavy atom. The first-order valence-corrected chi connectivity index (χ1v) is 18.5. The van der Waals surface area contributed by atoms with Crippen molar-refractivity contribution in [2.45, 2.75) is 76.9 Å². The highest BCUT2D eigenvalue weighted by molar-refractivity contribution is 5.88. The molecular formula is C39H52N8O4. The van der Waals surface area contributed by atoms with Crippen molar-refractivity contribution in [3.8, 4) is 0 Å². The Bertz CT molecular complexity index is 1860. The van der Waals surface area contributed by atoms with E-state index in [4.69, 9.17) is 0 Å². The summed E-state index contributed by atoms with van der Waals surface area (Å²) in [5.74, 6) is 0.138. The lowest BCUT2D eigenvalue weighted by Gasteiger charge is -2.40. The number of H-pyrrole nitrogens is 1. The first kappa shape index (κ1) is 35.0. The quantitative estimate of drug-likeness (QED) is 0.297. The van der Waals surface area contributed by atoms with Gasteiger partial charge in [-0.15, -0.1) is 0 Å². The number of piperidine rings is 2. The molecule has 1 aromatic heterocycles. The average molecular weight is 697 g/mol. The number of carbonyl (C=O) groups is 3. The molecule has 0 unspecified atom stereocenters. The van der Waals surface area contributed by atoms with Crippen molar-refractivity contribution < 1.29 is 14.4 Å². The zero-order valence-electron chi connectivity index (χ0n) is 30.4. The summed E-state index contributed by atoms with van der Waals surface area (Å²) in [6.07, 6.45) is 4.41. The van der Waals surface area contributed by atoms with E-state index in [2.05, 4.69) is 40.1 Å². The molecule has 12 heteroatoms. The van der Waals surface area contributed by atoms with Crippen molar-refractivity contribution >= 4 is 34.4 Å². The molecule has 4 aliphatic heterocycles. The highest BCUT2D eigenvalue weighted by Gasteiger charge is 2.44.